The van der Waals surface area contributed by atoms with Crippen LogP contribution >= 0.6 is 24.0 Å². The van der Waals surface area contributed by atoms with Crippen molar-refractivity contribution in [3.8, 4) is 0 Å². The van der Waals surface area contributed by atoms with Crippen LogP contribution in [0.2, 0.25) is 0 Å². The van der Waals surface area contributed by atoms with Crippen molar-refractivity contribution in [2.45, 2.75) is 25.1 Å². The lowest BCUT2D eigenvalue weighted by atomic mass is 10.0. The van der Waals surface area contributed by atoms with Crippen molar-refractivity contribution in [3.05, 3.63) is 76.9 Å². The molecule has 1 saturated heterocycles. The Morgan fingerprint density at radius 3 is 2.39 bits per heavy atom. The molecule has 0 bridgehead atoms. The number of likely N-dealkylation sites (tertiary alicyclic amines) is 1. The van der Waals surface area contributed by atoms with Crippen LogP contribution in [0.25, 0.3) is 6.08 Å². The van der Waals surface area contributed by atoms with Crippen molar-refractivity contribution in [3.63, 3.8) is 0 Å². The second kappa shape index (κ2) is 12.2. The lowest BCUT2D eigenvalue weighted by Crippen LogP contribution is -2.44. The monoisotopic (exact) mass is 554 g/mol. The number of hydrogen-bond acceptors (Lipinski definition) is 3. The summed E-state index contributed by atoms with van der Waals surface area (Å²) in [7, 11) is -0.0445. The van der Waals surface area contributed by atoms with Crippen molar-refractivity contribution >= 4 is 46.0 Å². The van der Waals surface area contributed by atoms with E-state index in [4.69, 9.17) is 0 Å². The molecule has 1 aliphatic rings. The smallest absolute Gasteiger partial charge is 0.215 e. The Labute approximate surface area is 202 Å². The van der Waals surface area contributed by atoms with Gasteiger partial charge in [0.15, 0.2) is 5.96 Å². The number of nitrogens with one attached hydrogen (secondary N) is 2. The second-order valence-corrected chi connectivity index (χ2v) is 9.31. The number of piperidine rings is 1. The Morgan fingerprint density at radius 1 is 1.06 bits per heavy atom. The van der Waals surface area contributed by atoms with E-state index in [0.29, 0.717) is 6.54 Å². The maximum absolute atomic E-state index is 11.8. The zero-order chi connectivity index (χ0) is 21.4. The molecular weight excluding hydrogens is 523 g/mol. The molecule has 31 heavy (non-hydrogen) atoms. The van der Waals surface area contributed by atoms with Gasteiger partial charge in [-0.15, -0.1) is 24.0 Å². The number of nitrogens with zero attached hydrogens (tertiary/aromatic N) is 2. The molecule has 1 fully saturated rings. The Morgan fingerprint density at radius 2 is 1.74 bits per heavy atom. The van der Waals surface area contributed by atoms with E-state index >= 15 is 0 Å². The summed E-state index contributed by atoms with van der Waals surface area (Å²) in [6, 6.07) is 18.1. The molecule has 1 heterocycles. The van der Waals surface area contributed by atoms with Gasteiger partial charge < -0.3 is 10.2 Å². The van der Waals surface area contributed by atoms with E-state index in [2.05, 4.69) is 50.3 Å². The molecule has 168 valence electrons. The predicted octanol–water partition coefficient (Wildman–Crippen LogP) is 3.61. The van der Waals surface area contributed by atoms with Crippen LogP contribution in [0.5, 0.6) is 0 Å². The number of sulfonamides is 1. The number of rotatable bonds is 6. The van der Waals surface area contributed by atoms with Gasteiger partial charge in [-0.2, -0.15) is 0 Å². The van der Waals surface area contributed by atoms with Crippen LogP contribution in [-0.4, -0.2) is 46.5 Å². The molecule has 0 aliphatic carbocycles. The third kappa shape index (κ3) is 7.93. The normalized spacial score (nSPS) is 14.7. The second-order valence-electron chi connectivity index (χ2n) is 7.38. The molecule has 0 radical (unpaired) electrons. The fourth-order valence-corrected chi connectivity index (χ4v) is 4.33. The van der Waals surface area contributed by atoms with Crippen LogP contribution in [0.15, 0.2) is 65.2 Å². The van der Waals surface area contributed by atoms with Crippen molar-refractivity contribution in [2.75, 3.05) is 27.2 Å². The Balaban J connectivity index is 0.00000341. The molecule has 2 aromatic rings. The minimum Gasteiger partial charge on any atom is -0.352 e. The third-order valence-corrected chi connectivity index (χ3v) is 6.53. The number of guanidine groups is 1. The highest BCUT2D eigenvalue weighted by atomic mass is 127. The molecule has 8 heteroatoms. The summed E-state index contributed by atoms with van der Waals surface area (Å²) in [5.74, 6) is 0.858. The van der Waals surface area contributed by atoms with Gasteiger partial charge in [-0.1, -0.05) is 66.2 Å². The Bertz CT molecular complexity index is 997. The molecule has 6 nitrogen and oxygen atoms in total. The molecule has 0 unspecified atom stereocenters. The zero-order valence-corrected chi connectivity index (χ0v) is 21.2. The molecule has 2 aromatic carbocycles. The van der Waals surface area contributed by atoms with Crippen LogP contribution in [0, 0.1) is 0 Å². The number of halogens is 1. The standard InChI is InChI=1S/C23H30N4O2S.HI/c1-24-23(26-17-21-9-6-10-22(16-21)18-30(28,29)25-2)27-13-11-20(12-14-27)15-19-7-4-3-5-8-19;/h3-10,15-16,25H,11-14,17-18H2,1-2H3,(H,24,26);1H. The summed E-state index contributed by atoms with van der Waals surface area (Å²) in [5, 5.41) is 3.42. The summed E-state index contributed by atoms with van der Waals surface area (Å²) < 4.78 is 25.9. The van der Waals surface area contributed by atoms with Crippen molar-refractivity contribution < 1.29 is 8.42 Å². The number of hydrogen-bond donors (Lipinski definition) is 2. The van der Waals surface area contributed by atoms with Gasteiger partial charge in [-0.25, -0.2) is 13.1 Å². The third-order valence-electron chi connectivity index (χ3n) is 5.20. The van der Waals surface area contributed by atoms with Gasteiger partial charge >= 0.3 is 0 Å². The summed E-state index contributed by atoms with van der Waals surface area (Å²) in [6.07, 6.45) is 4.33. The lowest BCUT2D eigenvalue weighted by Gasteiger charge is -2.31. The van der Waals surface area contributed by atoms with E-state index in [0.717, 1.165) is 43.0 Å². The first-order valence-corrected chi connectivity index (χ1v) is 11.8. The molecule has 0 atom stereocenters. The number of aliphatic imine (C=N–C) groups is 1. The molecule has 3 rings (SSSR count). The van der Waals surface area contributed by atoms with Crippen LogP contribution in [0.4, 0.5) is 0 Å². The fraction of sp³-hybridized carbons (Fsp3) is 0.348. The van der Waals surface area contributed by atoms with Crippen LogP contribution in [0.3, 0.4) is 0 Å². The van der Waals surface area contributed by atoms with Crippen LogP contribution in [-0.2, 0) is 22.3 Å². The van der Waals surface area contributed by atoms with E-state index in [-0.39, 0.29) is 29.7 Å². The summed E-state index contributed by atoms with van der Waals surface area (Å²) in [5.41, 5.74) is 4.52. The molecule has 2 N–H and O–H groups in total. The maximum atomic E-state index is 11.8. The summed E-state index contributed by atoms with van der Waals surface area (Å²) in [4.78, 5) is 6.71. The summed E-state index contributed by atoms with van der Waals surface area (Å²) >= 11 is 0. The van der Waals surface area contributed by atoms with Crippen LogP contribution in [0.1, 0.15) is 29.5 Å². The highest BCUT2D eigenvalue weighted by Crippen LogP contribution is 2.19. The molecule has 1 aliphatic heterocycles. The van der Waals surface area contributed by atoms with Crippen molar-refractivity contribution in [2.24, 2.45) is 4.99 Å². The Hall–Kier alpha value is -1.91. The topological polar surface area (TPSA) is 73.8 Å². The molecule has 0 saturated carbocycles. The molecular formula is C23H31IN4O2S. The van der Waals surface area contributed by atoms with Gasteiger partial charge in [0.2, 0.25) is 10.0 Å². The Kier molecular flexibility index (Phi) is 9.98. The van der Waals surface area contributed by atoms with Gasteiger partial charge in [0.25, 0.3) is 0 Å². The van der Waals surface area contributed by atoms with E-state index in [1.165, 1.54) is 18.2 Å². The maximum Gasteiger partial charge on any atom is 0.215 e. The van der Waals surface area contributed by atoms with Crippen LogP contribution < -0.4 is 10.0 Å². The average molecular weight is 554 g/mol. The van der Waals surface area contributed by atoms with E-state index in [9.17, 15) is 8.42 Å². The SMILES string of the molecule is CN=C(NCc1cccc(CS(=O)(=O)NC)c1)N1CCC(=Cc2ccccc2)CC1.I. The van der Waals surface area contributed by atoms with E-state index in [1.54, 1.807) is 7.05 Å². The fourth-order valence-electron chi connectivity index (χ4n) is 3.57. The largest absolute Gasteiger partial charge is 0.352 e. The first-order chi connectivity index (χ1) is 14.5. The van der Waals surface area contributed by atoms with Gasteiger partial charge in [-0.05, 0) is 36.6 Å². The quantitative estimate of drug-likeness (QED) is 0.325. The first-order valence-electron chi connectivity index (χ1n) is 10.2. The predicted molar refractivity (Wildman–Crippen MR) is 139 cm³/mol. The van der Waals surface area contributed by atoms with E-state index in [1.807, 2.05) is 30.3 Å². The van der Waals surface area contributed by atoms with E-state index < -0.39 is 10.0 Å². The van der Waals surface area contributed by atoms with Gasteiger partial charge in [0.1, 0.15) is 0 Å². The highest BCUT2D eigenvalue weighted by molar-refractivity contribution is 14.0. The zero-order valence-electron chi connectivity index (χ0n) is 18.0. The minimum absolute atomic E-state index is 0. The summed E-state index contributed by atoms with van der Waals surface area (Å²) in [6.45, 7) is 2.46. The first kappa shape index (κ1) is 25.4. The molecule has 0 aromatic heterocycles. The van der Waals surface area contributed by atoms with Gasteiger partial charge in [0.05, 0.1) is 5.75 Å². The van der Waals surface area contributed by atoms with Crippen molar-refractivity contribution in [1.29, 1.82) is 0 Å². The molecule has 0 amide bonds. The lowest BCUT2D eigenvalue weighted by molar-refractivity contribution is 0.375. The minimum atomic E-state index is -3.28. The van der Waals surface area contributed by atoms with Gasteiger partial charge in [-0.3, -0.25) is 4.99 Å². The molecule has 0 spiro atoms. The average Bonchev–Trinajstić information content (AvgIpc) is 2.76. The van der Waals surface area contributed by atoms with Gasteiger partial charge in [0, 0.05) is 26.7 Å². The number of benzene rings is 2. The highest BCUT2D eigenvalue weighted by Gasteiger charge is 2.17. The van der Waals surface area contributed by atoms with Crippen molar-refractivity contribution in [1.82, 2.24) is 14.9 Å².